The molecule has 0 unspecified atom stereocenters. The molecule has 0 bridgehead atoms. The summed E-state index contributed by atoms with van der Waals surface area (Å²) >= 11 is 0. The van der Waals surface area contributed by atoms with Crippen molar-refractivity contribution >= 4 is 5.91 Å². The van der Waals surface area contributed by atoms with Crippen molar-refractivity contribution in [2.24, 2.45) is 5.92 Å². The van der Waals surface area contributed by atoms with Crippen LogP contribution < -0.4 is 5.32 Å². The van der Waals surface area contributed by atoms with Crippen LogP contribution in [0.1, 0.15) is 56.9 Å². The molecule has 1 aliphatic heterocycles. The Bertz CT molecular complexity index is 547. The highest BCUT2D eigenvalue weighted by molar-refractivity contribution is 5.79. The largest absolute Gasteiger partial charge is 0.337 e. The summed E-state index contributed by atoms with van der Waals surface area (Å²) in [6.45, 7) is 1.93. The number of amides is 1. The van der Waals surface area contributed by atoms with E-state index >= 15 is 0 Å². The quantitative estimate of drug-likeness (QED) is 0.909. The Morgan fingerprint density at radius 2 is 2.04 bits per heavy atom. The molecule has 4 heteroatoms. The second kappa shape index (κ2) is 6.23. The Labute approximate surface area is 138 Å². The van der Waals surface area contributed by atoms with Gasteiger partial charge in [0.1, 0.15) is 0 Å². The normalized spacial score (nSPS) is 31.0. The fourth-order valence-corrected chi connectivity index (χ4v) is 4.37. The highest BCUT2D eigenvalue weighted by Crippen LogP contribution is 2.44. The maximum absolute atomic E-state index is 12.3. The maximum Gasteiger partial charge on any atom is 0.223 e. The van der Waals surface area contributed by atoms with Gasteiger partial charge in [0.25, 0.3) is 0 Å². The first kappa shape index (κ1) is 15.1. The monoisotopic (exact) mass is 313 g/mol. The molecule has 124 valence electrons. The number of aromatic nitrogens is 1. The van der Waals surface area contributed by atoms with Gasteiger partial charge < -0.3 is 10.2 Å². The van der Waals surface area contributed by atoms with Gasteiger partial charge in [0, 0.05) is 43.5 Å². The molecule has 4 rings (SSSR count). The molecule has 1 saturated heterocycles. The lowest BCUT2D eigenvalue weighted by Crippen LogP contribution is -2.51. The van der Waals surface area contributed by atoms with E-state index in [2.05, 4.69) is 21.3 Å². The topological polar surface area (TPSA) is 45.2 Å². The van der Waals surface area contributed by atoms with Crippen LogP contribution >= 0.6 is 0 Å². The third kappa shape index (κ3) is 3.27. The smallest absolute Gasteiger partial charge is 0.223 e. The van der Waals surface area contributed by atoms with Crippen molar-refractivity contribution < 1.29 is 4.79 Å². The second-order valence-corrected chi connectivity index (χ2v) is 7.69. The molecular formula is C19H27N3O. The SMILES string of the molecule is O=C1CCC2(CCC(NCc3cccnc3)CC2)N1CC1CC1. The first-order chi connectivity index (χ1) is 11.3. The van der Waals surface area contributed by atoms with E-state index in [4.69, 9.17) is 0 Å². The molecule has 23 heavy (non-hydrogen) atoms. The van der Waals surface area contributed by atoms with Gasteiger partial charge in [-0.1, -0.05) is 6.07 Å². The standard InChI is InChI=1S/C19H27N3O/c23-18-7-10-19(22(18)14-15-3-4-15)8-5-17(6-9-19)21-13-16-2-1-11-20-12-16/h1-2,11-12,15,17,21H,3-10,13-14H2. The van der Waals surface area contributed by atoms with Crippen LogP contribution in [0, 0.1) is 5.92 Å². The van der Waals surface area contributed by atoms with Gasteiger partial charge in [-0.15, -0.1) is 0 Å². The summed E-state index contributed by atoms with van der Waals surface area (Å²) in [6, 6.07) is 4.70. The Morgan fingerprint density at radius 3 is 2.74 bits per heavy atom. The lowest BCUT2D eigenvalue weighted by molar-refractivity contribution is -0.132. The summed E-state index contributed by atoms with van der Waals surface area (Å²) in [7, 11) is 0. The van der Waals surface area contributed by atoms with E-state index in [1.165, 1.54) is 44.1 Å². The molecule has 0 atom stereocenters. The fraction of sp³-hybridized carbons (Fsp3) is 0.684. The number of nitrogens with one attached hydrogen (secondary N) is 1. The second-order valence-electron chi connectivity index (χ2n) is 7.69. The number of carbonyl (C=O) groups is 1. The van der Waals surface area contributed by atoms with E-state index in [0.29, 0.717) is 11.9 Å². The molecule has 3 aliphatic rings. The summed E-state index contributed by atoms with van der Waals surface area (Å²) in [5, 5.41) is 3.68. The highest BCUT2D eigenvalue weighted by Gasteiger charge is 2.48. The number of carbonyl (C=O) groups excluding carboxylic acids is 1. The van der Waals surface area contributed by atoms with Crippen molar-refractivity contribution in [3.05, 3.63) is 30.1 Å². The Kier molecular flexibility index (Phi) is 4.10. The number of likely N-dealkylation sites (tertiary alicyclic amines) is 1. The van der Waals surface area contributed by atoms with Crippen molar-refractivity contribution in [2.75, 3.05) is 6.54 Å². The van der Waals surface area contributed by atoms with Gasteiger partial charge in [-0.25, -0.2) is 0 Å². The molecule has 0 radical (unpaired) electrons. The first-order valence-corrected chi connectivity index (χ1v) is 9.18. The summed E-state index contributed by atoms with van der Waals surface area (Å²) in [4.78, 5) is 18.8. The zero-order chi connectivity index (χ0) is 15.7. The molecule has 1 spiro atoms. The van der Waals surface area contributed by atoms with Crippen LogP contribution in [0.25, 0.3) is 0 Å². The minimum absolute atomic E-state index is 0.201. The number of rotatable bonds is 5. The van der Waals surface area contributed by atoms with E-state index in [1.54, 1.807) is 0 Å². The van der Waals surface area contributed by atoms with Gasteiger partial charge in [-0.2, -0.15) is 0 Å². The Balaban J connectivity index is 1.32. The average Bonchev–Trinajstić information content (AvgIpc) is 3.37. The van der Waals surface area contributed by atoms with Crippen LogP contribution in [0.2, 0.25) is 0 Å². The van der Waals surface area contributed by atoms with Crippen molar-refractivity contribution in [1.82, 2.24) is 15.2 Å². The van der Waals surface area contributed by atoms with Gasteiger partial charge in [0.15, 0.2) is 0 Å². The van der Waals surface area contributed by atoms with Crippen LogP contribution in [0.3, 0.4) is 0 Å². The summed E-state index contributed by atoms with van der Waals surface area (Å²) < 4.78 is 0. The molecule has 2 aliphatic carbocycles. The van der Waals surface area contributed by atoms with Crippen LogP contribution in [0.5, 0.6) is 0 Å². The molecule has 1 aromatic heterocycles. The van der Waals surface area contributed by atoms with E-state index in [9.17, 15) is 4.79 Å². The highest BCUT2D eigenvalue weighted by atomic mass is 16.2. The number of hydrogen-bond donors (Lipinski definition) is 1. The van der Waals surface area contributed by atoms with Gasteiger partial charge in [0.2, 0.25) is 5.91 Å². The molecule has 3 fully saturated rings. The molecule has 4 nitrogen and oxygen atoms in total. The van der Waals surface area contributed by atoms with E-state index in [1.807, 2.05) is 18.5 Å². The number of pyridine rings is 1. The van der Waals surface area contributed by atoms with E-state index < -0.39 is 0 Å². The van der Waals surface area contributed by atoms with Gasteiger partial charge in [0.05, 0.1) is 0 Å². The zero-order valence-electron chi connectivity index (χ0n) is 13.8. The van der Waals surface area contributed by atoms with Gasteiger partial charge >= 0.3 is 0 Å². The molecule has 2 heterocycles. The summed E-state index contributed by atoms with van der Waals surface area (Å²) in [5.74, 6) is 1.22. The average molecular weight is 313 g/mol. The lowest BCUT2D eigenvalue weighted by atomic mass is 9.77. The molecule has 2 saturated carbocycles. The van der Waals surface area contributed by atoms with Crippen molar-refractivity contribution in [1.29, 1.82) is 0 Å². The predicted octanol–water partition coefficient (Wildman–Crippen LogP) is 2.89. The molecular weight excluding hydrogens is 286 g/mol. The third-order valence-corrected chi connectivity index (χ3v) is 6.05. The molecule has 1 N–H and O–H groups in total. The molecule has 1 aromatic rings. The predicted molar refractivity (Wildman–Crippen MR) is 89.7 cm³/mol. The summed E-state index contributed by atoms with van der Waals surface area (Å²) in [6.07, 6.45) is 13.0. The van der Waals surface area contributed by atoms with Crippen LogP contribution in [-0.2, 0) is 11.3 Å². The Morgan fingerprint density at radius 1 is 1.22 bits per heavy atom. The van der Waals surface area contributed by atoms with Crippen molar-refractivity contribution in [3.8, 4) is 0 Å². The lowest BCUT2D eigenvalue weighted by Gasteiger charge is -2.44. The van der Waals surface area contributed by atoms with Crippen LogP contribution in [0.4, 0.5) is 0 Å². The van der Waals surface area contributed by atoms with E-state index in [0.717, 1.165) is 31.8 Å². The number of nitrogens with zero attached hydrogens (tertiary/aromatic N) is 2. The first-order valence-electron chi connectivity index (χ1n) is 9.18. The summed E-state index contributed by atoms with van der Waals surface area (Å²) in [5.41, 5.74) is 1.45. The molecule has 1 amide bonds. The Hall–Kier alpha value is -1.42. The zero-order valence-corrected chi connectivity index (χ0v) is 13.8. The van der Waals surface area contributed by atoms with Crippen molar-refractivity contribution in [3.63, 3.8) is 0 Å². The van der Waals surface area contributed by atoms with Crippen molar-refractivity contribution in [2.45, 2.75) is 69.5 Å². The van der Waals surface area contributed by atoms with Gasteiger partial charge in [-0.3, -0.25) is 9.78 Å². The van der Waals surface area contributed by atoms with E-state index in [-0.39, 0.29) is 5.54 Å². The van der Waals surface area contributed by atoms with Crippen LogP contribution in [0.15, 0.2) is 24.5 Å². The minimum Gasteiger partial charge on any atom is -0.337 e. The maximum atomic E-state index is 12.3. The van der Waals surface area contributed by atoms with Crippen LogP contribution in [-0.4, -0.2) is 33.9 Å². The minimum atomic E-state index is 0.201. The number of hydrogen-bond acceptors (Lipinski definition) is 3. The molecule has 0 aromatic carbocycles. The fourth-order valence-electron chi connectivity index (χ4n) is 4.37. The third-order valence-electron chi connectivity index (χ3n) is 6.05. The van der Waals surface area contributed by atoms with Gasteiger partial charge in [-0.05, 0) is 62.5 Å².